The Morgan fingerprint density at radius 1 is 1.21 bits per heavy atom. The SMILES string of the molecule is NCc1cc(C(=O)NCc2ccc(OC3CCCCC3)cc2)co1. The summed E-state index contributed by atoms with van der Waals surface area (Å²) in [5.41, 5.74) is 6.99. The molecule has 1 aliphatic rings. The number of amides is 1. The fourth-order valence-electron chi connectivity index (χ4n) is 2.95. The van der Waals surface area contributed by atoms with E-state index in [2.05, 4.69) is 5.32 Å². The molecule has 0 radical (unpaired) electrons. The van der Waals surface area contributed by atoms with Gasteiger partial charge in [-0.05, 0) is 49.4 Å². The number of nitrogens with one attached hydrogen (secondary N) is 1. The molecule has 1 fully saturated rings. The average Bonchev–Trinajstić information content (AvgIpc) is 3.11. The predicted octanol–water partition coefficient (Wildman–Crippen LogP) is 3.38. The van der Waals surface area contributed by atoms with Gasteiger partial charge < -0.3 is 20.2 Å². The van der Waals surface area contributed by atoms with Gasteiger partial charge in [0.15, 0.2) is 0 Å². The zero-order valence-electron chi connectivity index (χ0n) is 13.8. The van der Waals surface area contributed by atoms with Crippen LogP contribution in [0.3, 0.4) is 0 Å². The number of hydrogen-bond donors (Lipinski definition) is 2. The fraction of sp³-hybridized carbons (Fsp3) is 0.421. The largest absolute Gasteiger partial charge is 0.490 e. The summed E-state index contributed by atoms with van der Waals surface area (Å²) < 4.78 is 11.2. The minimum absolute atomic E-state index is 0.166. The first-order chi connectivity index (χ1) is 11.7. The summed E-state index contributed by atoms with van der Waals surface area (Å²) in [7, 11) is 0. The van der Waals surface area contributed by atoms with Crippen LogP contribution in [0, 0.1) is 0 Å². The number of rotatable bonds is 6. The van der Waals surface area contributed by atoms with Gasteiger partial charge in [0.05, 0.1) is 18.2 Å². The van der Waals surface area contributed by atoms with Gasteiger partial charge in [-0.1, -0.05) is 18.6 Å². The van der Waals surface area contributed by atoms with Crippen LogP contribution in [0.15, 0.2) is 41.0 Å². The summed E-state index contributed by atoms with van der Waals surface area (Å²) >= 11 is 0. The van der Waals surface area contributed by atoms with Crippen LogP contribution in [0.4, 0.5) is 0 Å². The highest BCUT2D eigenvalue weighted by atomic mass is 16.5. The minimum atomic E-state index is -0.166. The Hall–Kier alpha value is -2.27. The molecular formula is C19H24N2O3. The molecule has 5 heteroatoms. The third-order valence-corrected chi connectivity index (χ3v) is 4.35. The van der Waals surface area contributed by atoms with Crippen LogP contribution in [-0.4, -0.2) is 12.0 Å². The molecule has 2 aromatic rings. The van der Waals surface area contributed by atoms with Gasteiger partial charge >= 0.3 is 0 Å². The van der Waals surface area contributed by atoms with Crippen molar-refractivity contribution in [2.75, 3.05) is 0 Å². The first kappa shape index (κ1) is 16.6. The van der Waals surface area contributed by atoms with Crippen LogP contribution in [0.5, 0.6) is 5.75 Å². The lowest BCUT2D eigenvalue weighted by Crippen LogP contribution is -2.22. The summed E-state index contributed by atoms with van der Waals surface area (Å²) in [5, 5.41) is 2.87. The summed E-state index contributed by atoms with van der Waals surface area (Å²) in [4.78, 5) is 12.0. The van der Waals surface area contributed by atoms with Gasteiger partial charge in [-0.25, -0.2) is 0 Å². The molecule has 0 aliphatic heterocycles. The van der Waals surface area contributed by atoms with Crippen molar-refractivity contribution >= 4 is 5.91 Å². The third-order valence-electron chi connectivity index (χ3n) is 4.35. The van der Waals surface area contributed by atoms with Gasteiger partial charge in [-0.2, -0.15) is 0 Å². The zero-order valence-corrected chi connectivity index (χ0v) is 13.8. The van der Waals surface area contributed by atoms with E-state index < -0.39 is 0 Å². The summed E-state index contributed by atoms with van der Waals surface area (Å²) in [5.74, 6) is 1.34. The van der Waals surface area contributed by atoms with Crippen LogP contribution < -0.4 is 15.8 Å². The van der Waals surface area contributed by atoms with Crippen LogP contribution in [0.1, 0.15) is 53.8 Å². The van der Waals surface area contributed by atoms with E-state index in [0.29, 0.717) is 24.0 Å². The topological polar surface area (TPSA) is 77.5 Å². The molecule has 0 bridgehead atoms. The standard InChI is InChI=1S/C19H24N2O3/c20-11-18-10-15(13-23-18)19(22)21-12-14-6-8-17(9-7-14)24-16-4-2-1-3-5-16/h6-10,13,16H,1-5,11-12,20H2,(H,21,22). The van der Waals surface area contributed by atoms with Crippen LogP contribution >= 0.6 is 0 Å². The number of carbonyl (C=O) groups excluding carboxylic acids is 1. The number of furan rings is 1. The van der Waals surface area contributed by atoms with Crippen LogP contribution in [0.2, 0.25) is 0 Å². The van der Waals surface area contributed by atoms with E-state index in [-0.39, 0.29) is 12.5 Å². The molecule has 1 heterocycles. The molecule has 0 spiro atoms. The Morgan fingerprint density at radius 3 is 2.62 bits per heavy atom. The van der Waals surface area contributed by atoms with Crippen molar-refractivity contribution in [1.29, 1.82) is 0 Å². The lowest BCUT2D eigenvalue weighted by atomic mass is 9.98. The Kier molecular flexibility index (Phi) is 5.54. The van der Waals surface area contributed by atoms with Gasteiger partial charge in [-0.15, -0.1) is 0 Å². The van der Waals surface area contributed by atoms with Gasteiger partial charge in [-0.3, -0.25) is 4.79 Å². The maximum atomic E-state index is 12.0. The normalized spacial score (nSPS) is 15.2. The smallest absolute Gasteiger partial charge is 0.254 e. The van der Waals surface area contributed by atoms with Crippen molar-refractivity contribution in [2.45, 2.75) is 51.3 Å². The van der Waals surface area contributed by atoms with E-state index in [4.69, 9.17) is 14.9 Å². The van der Waals surface area contributed by atoms with Crippen molar-refractivity contribution in [1.82, 2.24) is 5.32 Å². The highest BCUT2D eigenvalue weighted by molar-refractivity contribution is 5.93. The third kappa shape index (κ3) is 4.38. The Bertz CT molecular complexity index is 658. The van der Waals surface area contributed by atoms with Gasteiger partial charge in [0, 0.05) is 6.54 Å². The lowest BCUT2D eigenvalue weighted by molar-refractivity contribution is 0.0950. The van der Waals surface area contributed by atoms with Gasteiger partial charge in [0.1, 0.15) is 17.8 Å². The first-order valence-electron chi connectivity index (χ1n) is 8.56. The Morgan fingerprint density at radius 2 is 1.96 bits per heavy atom. The number of nitrogens with two attached hydrogens (primary N) is 1. The molecular weight excluding hydrogens is 304 g/mol. The Balaban J connectivity index is 1.49. The molecule has 0 unspecified atom stereocenters. The first-order valence-corrected chi connectivity index (χ1v) is 8.56. The summed E-state index contributed by atoms with van der Waals surface area (Å²) in [6.07, 6.45) is 7.91. The molecule has 1 aromatic carbocycles. The fourth-order valence-corrected chi connectivity index (χ4v) is 2.95. The number of benzene rings is 1. The molecule has 1 saturated carbocycles. The molecule has 24 heavy (non-hydrogen) atoms. The highest BCUT2D eigenvalue weighted by Crippen LogP contribution is 2.23. The summed E-state index contributed by atoms with van der Waals surface area (Å²) in [6, 6.07) is 9.58. The Labute approximate surface area is 142 Å². The van der Waals surface area contributed by atoms with Crippen molar-refractivity contribution in [2.24, 2.45) is 5.73 Å². The van der Waals surface area contributed by atoms with Crippen molar-refractivity contribution in [3.63, 3.8) is 0 Å². The second-order valence-electron chi connectivity index (χ2n) is 6.21. The quantitative estimate of drug-likeness (QED) is 0.852. The molecule has 5 nitrogen and oxygen atoms in total. The van der Waals surface area contributed by atoms with E-state index in [1.54, 1.807) is 6.07 Å². The van der Waals surface area contributed by atoms with Crippen molar-refractivity contribution in [3.8, 4) is 5.75 Å². The molecule has 128 valence electrons. The number of hydrogen-bond acceptors (Lipinski definition) is 4. The minimum Gasteiger partial charge on any atom is -0.490 e. The summed E-state index contributed by atoms with van der Waals surface area (Å²) in [6.45, 7) is 0.751. The predicted molar refractivity (Wildman–Crippen MR) is 91.7 cm³/mol. The number of carbonyl (C=O) groups is 1. The number of ether oxygens (including phenoxy) is 1. The maximum Gasteiger partial charge on any atom is 0.254 e. The van der Waals surface area contributed by atoms with Crippen LogP contribution in [-0.2, 0) is 13.1 Å². The molecule has 3 rings (SSSR count). The average molecular weight is 328 g/mol. The van der Waals surface area contributed by atoms with Gasteiger partial charge in [0.2, 0.25) is 0 Å². The zero-order chi connectivity index (χ0) is 16.8. The lowest BCUT2D eigenvalue weighted by Gasteiger charge is -2.23. The second-order valence-corrected chi connectivity index (χ2v) is 6.21. The van der Waals surface area contributed by atoms with Crippen LogP contribution in [0.25, 0.3) is 0 Å². The maximum absolute atomic E-state index is 12.0. The molecule has 1 aromatic heterocycles. The van der Waals surface area contributed by atoms with E-state index in [9.17, 15) is 4.79 Å². The van der Waals surface area contributed by atoms with E-state index in [1.165, 1.54) is 25.5 Å². The van der Waals surface area contributed by atoms with Crippen molar-refractivity contribution in [3.05, 3.63) is 53.5 Å². The van der Waals surface area contributed by atoms with Crippen molar-refractivity contribution < 1.29 is 13.9 Å². The molecule has 1 amide bonds. The van der Waals surface area contributed by atoms with E-state index >= 15 is 0 Å². The molecule has 0 saturated heterocycles. The monoisotopic (exact) mass is 328 g/mol. The molecule has 3 N–H and O–H groups in total. The van der Waals surface area contributed by atoms with E-state index in [1.807, 2.05) is 24.3 Å². The molecule has 1 aliphatic carbocycles. The van der Waals surface area contributed by atoms with E-state index in [0.717, 1.165) is 24.2 Å². The second kappa shape index (κ2) is 8.02. The molecule has 0 atom stereocenters. The van der Waals surface area contributed by atoms with Gasteiger partial charge in [0.25, 0.3) is 5.91 Å². The highest BCUT2D eigenvalue weighted by Gasteiger charge is 2.14.